The molecule has 2 rings (SSSR count). The lowest BCUT2D eigenvalue weighted by Gasteiger charge is -2.33. The highest BCUT2D eigenvalue weighted by Gasteiger charge is 2.35. The third-order valence-electron chi connectivity index (χ3n) is 2.73. The number of nitrogens with two attached hydrogens (primary N) is 1. The van der Waals surface area contributed by atoms with Crippen LogP contribution in [-0.4, -0.2) is 16.0 Å². The standard InChI is InChI=1S/C10H13F3N4/c1-5-2-6(3-5)15-8-4-7(14)16-9(17-8)10(11,12)13/h4-6H,2-3H2,1H3,(H3,14,15,16,17). The summed E-state index contributed by atoms with van der Waals surface area (Å²) in [5.41, 5.74) is 5.33. The van der Waals surface area contributed by atoms with Crippen LogP contribution in [0.3, 0.4) is 0 Å². The molecule has 1 aromatic rings. The smallest absolute Gasteiger partial charge is 0.384 e. The lowest BCUT2D eigenvalue weighted by atomic mass is 9.82. The van der Waals surface area contributed by atoms with Crippen LogP contribution in [0, 0.1) is 5.92 Å². The zero-order chi connectivity index (χ0) is 12.6. The minimum atomic E-state index is -4.57. The van der Waals surface area contributed by atoms with E-state index in [1.807, 2.05) is 0 Å². The number of hydrogen-bond donors (Lipinski definition) is 2. The molecule has 0 aromatic carbocycles. The van der Waals surface area contributed by atoms with Crippen molar-refractivity contribution in [3.63, 3.8) is 0 Å². The van der Waals surface area contributed by atoms with E-state index in [-0.39, 0.29) is 17.7 Å². The molecule has 0 atom stereocenters. The number of nitrogens with zero attached hydrogens (tertiary/aromatic N) is 2. The molecule has 0 unspecified atom stereocenters. The van der Waals surface area contributed by atoms with Crippen LogP contribution < -0.4 is 11.1 Å². The Morgan fingerprint density at radius 1 is 1.35 bits per heavy atom. The first-order chi connectivity index (χ1) is 7.84. The van der Waals surface area contributed by atoms with Gasteiger partial charge in [0.25, 0.3) is 0 Å². The molecule has 0 radical (unpaired) electrons. The Morgan fingerprint density at radius 3 is 2.53 bits per heavy atom. The molecular weight excluding hydrogens is 233 g/mol. The van der Waals surface area contributed by atoms with Crippen molar-refractivity contribution in [2.24, 2.45) is 5.92 Å². The molecule has 1 saturated carbocycles. The lowest BCUT2D eigenvalue weighted by Crippen LogP contribution is -2.34. The summed E-state index contributed by atoms with van der Waals surface area (Å²) in [5, 5.41) is 2.93. The van der Waals surface area contributed by atoms with Gasteiger partial charge >= 0.3 is 6.18 Å². The number of halogens is 3. The molecule has 7 heteroatoms. The minimum Gasteiger partial charge on any atom is -0.384 e. The van der Waals surface area contributed by atoms with Gasteiger partial charge in [-0.2, -0.15) is 13.2 Å². The van der Waals surface area contributed by atoms with Gasteiger partial charge in [-0.05, 0) is 18.8 Å². The van der Waals surface area contributed by atoms with Gasteiger partial charge in [0.05, 0.1) is 0 Å². The van der Waals surface area contributed by atoms with E-state index >= 15 is 0 Å². The first kappa shape index (κ1) is 11.9. The highest BCUT2D eigenvalue weighted by molar-refractivity contribution is 5.45. The van der Waals surface area contributed by atoms with Crippen LogP contribution in [-0.2, 0) is 6.18 Å². The van der Waals surface area contributed by atoms with Crippen molar-refractivity contribution in [2.75, 3.05) is 11.1 Å². The summed E-state index contributed by atoms with van der Waals surface area (Å²) in [6, 6.07) is 1.50. The molecule has 1 fully saturated rings. The van der Waals surface area contributed by atoms with E-state index < -0.39 is 12.0 Å². The third kappa shape index (κ3) is 2.78. The van der Waals surface area contributed by atoms with E-state index in [0.29, 0.717) is 5.92 Å². The van der Waals surface area contributed by atoms with Gasteiger partial charge in [-0.15, -0.1) is 0 Å². The van der Waals surface area contributed by atoms with Crippen molar-refractivity contribution in [1.29, 1.82) is 0 Å². The number of nitrogen functional groups attached to an aromatic ring is 1. The monoisotopic (exact) mass is 246 g/mol. The van der Waals surface area contributed by atoms with E-state index in [1.165, 1.54) is 6.07 Å². The number of aromatic nitrogens is 2. The molecule has 0 aliphatic heterocycles. The van der Waals surface area contributed by atoms with Crippen LogP contribution >= 0.6 is 0 Å². The molecule has 1 aliphatic rings. The predicted octanol–water partition coefficient (Wildman–Crippen LogP) is 2.29. The van der Waals surface area contributed by atoms with Crippen LogP contribution in [0.5, 0.6) is 0 Å². The summed E-state index contributed by atoms with van der Waals surface area (Å²) in [7, 11) is 0. The van der Waals surface area contributed by atoms with Crippen LogP contribution in [0.25, 0.3) is 0 Å². The van der Waals surface area contributed by atoms with Crippen molar-refractivity contribution < 1.29 is 13.2 Å². The summed E-state index contributed by atoms with van der Waals surface area (Å²) in [6.07, 6.45) is -2.70. The average molecular weight is 246 g/mol. The Morgan fingerprint density at radius 2 is 2.00 bits per heavy atom. The van der Waals surface area contributed by atoms with E-state index in [9.17, 15) is 13.2 Å². The third-order valence-corrected chi connectivity index (χ3v) is 2.73. The number of rotatable bonds is 2. The van der Waals surface area contributed by atoms with Crippen LogP contribution in [0.1, 0.15) is 25.6 Å². The zero-order valence-electron chi connectivity index (χ0n) is 9.25. The van der Waals surface area contributed by atoms with Crippen molar-refractivity contribution in [1.82, 2.24) is 9.97 Å². The normalized spacial score (nSPS) is 24.2. The van der Waals surface area contributed by atoms with E-state index in [0.717, 1.165) is 12.8 Å². The molecule has 3 N–H and O–H groups in total. The summed E-state index contributed by atoms with van der Waals surface area (Å²) >= 11 is 0. The Hall–Kier alpha value is -1.53. The van der Waals surface area contributed by atoms with E-state index in [2.05, 4.69) is 22.2 Å². The SMILES string of the molecule is CC1CC(Nc2cc(N)nc(C(F)(F)F)n2)C1. The number of anilines is 2. The number of alkyl halides is 3. The van der Waals surface area contributed by atoms with Gasteiger partial charge in [0.2, 0.25) is 5.82 Å². The number of hydrogen-bond acceptors (Lipinski definition) is 4. The Balaban J connectivity index is 2.14. The second kappa shape index (κ2) is 4.05. The fourth-order valence-electron chi connectivity index (χ4n) is 1.90. The lowest BCUT2D eigenvalue weighted by molar-refractivity contribution is -0.144. The van der Waals surface area contributed by atoms with Gasteiger partial charge in [-0.3, -0.25) is 0 Å². The molecule has 0 amide bonds. The van der Waals surface area contributed by atoms with Gasteiger partial charge in [-0.1, -0.05) is 6.92 Å². The van der Waals surface area contributed by atoms with Gasteiger partial charge in [0, 0.05) is 12.1 Å². The molecule has 0 bridgehead atoms. The summed E-state index contributed by atoms with van der Waals surface area (Å²) in [6.45, 7) is 2.09. The molecule has 0 spiro atoms. The summed E-state index contributed by atoms with van der Waals surface area (Å²) in [5.74, 6) is -0.634. The predicted molar refractivity (Wildman–Crippen MR) is 57.3 cm³/mol. The molecule has 1 aromatic heterocycles. The minimum absolute atomic E-state index is 0.140. The fraction of sp³-hybridized carbons (Fsp3) is 0.600. The van der Waals surface area contributed by atoms with E-state index in [1.54, 1.807) is 0 Å². The molecule has 94 valence electrons. The first-order valence-electron chi connectivity index (χ1n) is 5.33. The highest BCUT2D eigenvalue weighted by atomic mass is 19.4. The van der Waals surface area contributed by atoms with Crippen molar-refractivity contribution in [2.45, 2.75) is 32.0 Å². The molecule has 0 saturated heterocycles. The maximum absolute atomic E-state index is 12.4. The number of nitrogens with one attached hydrogen (secondary N) is 1. The second-order valence-corrected chi connectivity index (χ2v) is 4.42. The topological polar surface area (TPSA) is 63.8 Å². The Kier molecular flexibility index (Phi) is 2.84. The molecule has 1 heterocycles. The Labute approximate surface area is 96.4 Å². The second-order valence-electron chi connectivity index (χ2n) is 4.42. The first-order valence-corrected chi connectivity index (χ1v) is 5.33. The van der Waals surface area contributed by atoms with Gasteiger partial charge in [-0.25, -0.2) is 9.97 Å². The zero-order valence-corrected chi connectivity index (χ0v) is 9.25. The highest BCUT2D eigenvalue weighted by Crippen LogP contribution is 2.31. The van der Waals surface area contributed by atoms with Gasteiger partial charge < -0.3 is 11.1 Å². The molecular formula is C10H13F3N4. The maximum atomic E-state index is 12.4. The van der Waals surface area contributed by atoms with Crippen molar-refractivity contribution >= 4 is 11.6 Å². The summed E-state index contributed by atoms with van der Waals surface area (Å²) in [4.78, 5) is 6.60. The van der Waals surface area contributed by atoms with Crippen LogP contribution in [0.15, 0.2) is 6.07 Å². The molecule has 1 aliphatic carbocycles. The van der Waals surface area contributed by atoms with Gasteiger partial charge in [0.1, 0.15) is 11.6 Å². The van der Waals surface area contributed by atoms with Crippen LogP contribution in [0.2, 0.25) is 0 Å². The van der Waals surface area contributed by atoms with E-state index in [4.69, 9.17) is 5.73 Å². The molecule has 17 heavy (non-hydrogen) atoms. The largest absolute Gasteiger partial charge is 0.451 e. The van der Waals surface area contributed by atoms with Crippen molar-refractivity contribution in [3.8, 4) is 0 Å². The van der Waals surface area contributed by atoms with Crippen molar-refractivity contribution in [3.05, 3.63) is 11.9 Å². The average Bonchev–Trinajstić information content (AvgIpc) is 2.13. The maximum Gasteiger partial charge on any atom is 0.451 e. The van der Waals surface area contributed by atoms with Gasteiger partial charge in [0.15, 0.2) is 0 Å². The Bertz CT molecular complexity index is 413. The fourth-order valence-corrected chi connectivity index (χ4v) is 1.90. The summed E-state index contributed by atoms with van der Waals surface area (Å²) < 4.78 is 37.3. The van der Waals surface area contributed by atoms with Crippen LogP contribution in [0.4, 0.5) is 24.8 Å². The molecule has 4 nitrogen and oxygen atoms in total. The quantitative estimate of drug-likeness (QED) is 0.840.